The molecule has 1 aliphatic rings. The number of nitrogens with two attached hydrogens (primary N) is 2. The molecule has 0 spiro atoms. The number of Topliss-reactive ketones (excluding diaryl/α,β-unsaturated/α-hetero) is 1. The molecule has 1 fully saturated rings. The zero-order valence-corrected chi connectivity index (χ0v) is 14.2. The van der Waals surface area contributed by atoms with Gasteiger partial charge in [0, 0.05) is 17.9 Å². The van der Waals surface area contributed by atoms with E-state index in [2.05, 4.69) is 0 Å². The van der Waals surface area contributed by atoms with Gasteiger partial charge in [-0.3, -0.25) is 4.79 Å². The molecule has 1 unspecified atom stereocenters. The fourth-order valence-electron chi connectivity index (χ4n) is 3.51. The second-order valence-corrected chi connectivity index (χ2v) is 8.08. The van der Waals surface area contributed by atoms with Crippen LogP contribution in [0.4, 0.5) is 0 Å². The Hall–Kier alpha value is -1.24. The van der Waals surface area contributed by atoms with Gasteiger partial charge in [0.15, 0.2) is 5.78 Å². The van der Waals surface area contributed by atoms with Gasteiger partial charge in [-0.25, -0.2) is 13.6 Å². The van der Waals surface area contributed by atoms with Crippen molar-refractivity contribution in [3.8, 4) is 0 Å². The van der Waals surface area contributed by atoms with Crippen LogP contribution in [0.1, 0.15) is 60.4 Å². The lowest BCUT2D eigenvalue weighted by molar-refractivity contribution is 0.0985. The number of carbonyl (C=O) groups is 1. The first-order valence-electron chi connectivity index (χ1n) is 8.24. The minimum Gasteiger partial charge on any atom is -0.330 e. The molecule has 0 aromatic heterocycles. The van der Waals surface area contributed by atoms with Gasteiger partial charge in [-0.2, -0.15) is 0 Å². The Morgan fingerprint density at radius 3 is 2.52 bits per heavy atom. The number of sulfonamides is 1. The summed E-state index contributed by atoms with van der Waals surface area (Å²) in [6, 6.07) is 7.31. The van der Waals surface area contributed by atoms with Gasteiger partial charge in [-0.15, -0.1) is 0 Å². The molecule has 0 radical (unpaired) electrons. The van der Waals surface area contributed by atoms with Crippen LogP contribution in [0.5, 0.6) is 0 Å². The van der Waals surface area contributed by atoms with Crippen LogP contribution >= 0.6 is 0 Å². The monoisotopic (exact) mass is 338 g/mol. The molecular formula is C17H26N2O3S. The van der Waals surface area contributed by atoms with Crippen LogP contribution in [0.2, 0.25) is 0 Å². The first-order chi connectivity index (χ1) is 10.9. The highest BCUT2D eigenvalue weighted by Gasteiger charge is 2.28. The highest BCUT2D eigenvalue weighted by Crippen LogP contribution is 2.37. The average Bonchev–Trinajstić information content (AvgIpc) is 2.53. The molecule has 1 saturated carbocycles. The molecule has 23 heavy (non-hydrogen) atoms. The second-order valence-electron chi connectivity index (χ2n) is 6.42. The quantitative estimate of drug-likeness (QED) is 0.744. The number of primary sulfonamides is 1. The average molecular weight is 338 g/mol. The van der Waals surface area contributed by atoms with Crippen molar-refractivity contribution in [3.05, 3.63) is 35.4 Å². The lowest BCUT2D eigenvalue weighted by Gasteiger charge is -2.30. The molecule has 0 bridgehead atoms. The fraction of sp³-hybridized carbons (Fsp3) is 0.588. The standard InChI is InChI=1S/C17H26N2O3S/c18-10-9-17(20)15-8-4-7-14(11-15)16(12-23(19,21)22)13-5-2-1-3-6-13/h4,7-8,11,13,16H,1-3,5-6,9-10,12,18H2,(H2,19,21,22). The molecule has 0 saturated heterocycles. The van der Waals surface area contributed by atoms with E-state index < -0.39 is 10.0 Å². The van der Waals surface area contributed by atoms with Gasteiger partial charge in [0.25, 0.3) is 0 Å². The van der Waals surface area contributed by atoms with Crippen LogP contribution < -0.4 is 10.9 Å². The van der Waals surface area contributed by atoms with Crippen molar-refractivity contribution in [2.75, 3.05) is 12.3 Å². The molecule has 1 aromatic carbocycles. The van der Waals surface area contributed by atoms with Gasteiger partial charge in [-0.05, 0) is 36.9 Å². The van der Waals surface area contributed by atoms with Crippen molar-refractivity contribution in [1.82, 2.24) is 0 Å². The molecule has 128 valence electrons. The van der Waals surface area contributed by atoms with Crippen molar-refractivity contribution in [1.29, 1.82) is 0 Å². The lowest BCUT2D eigenvalue weighted by Crippen LogP contribution is -2.28. The third-order valence-electron chi connectivity index (χ3n) is 4.64. The smallest absolute Gasteiger partial charge is 0.209 e. The Morgan fingerprint density at radius 2 is 1.91 bits per heavy atom. The maximum Gasteiger partial charge on any atom is 0.209 e. The summed E-state index contributed by atoms with van der Waals surface area (Å²) in [4.78, 5) is 12.1. The largest absolute Gasteiger partial charge is 0.330 e. The summed E-state index contributed by atoms with van der Waals surface area (Å²) >= 11 is 0. The molecule has 2 rings (SSSR count). The Kier molecular flexibility index (Phi) is 6.33. The predicted octanol–water partition coefficient (Wildman–Crippen LogP) is 2.17. The topological polar surface area (TPSA) is 103 Å². The van der Waals surface area contributed by atoms with Crippen LogP contribution in [0.25, 0.3) is 0 Å². The van der Waals surface area contributed by atoms with E-state index in [4.69, 9.17) is 10.9 Å². The minimum atomic E-state index is -3.57. The highest BCUT2D eigenvalue weighted by atomic mass is 32.2. The van der Waals surface area contributed by atoms with Crippen LogP contribution in [-0.2, 0) is 10.0 Å². The lowest BCUT2D eigenvalue weighted by atomic mass is 9.77. The van der Waals surface area contributed by atoms with Gasteiger partial charge >= 0.3 is 0 Å². The van der Waals surface area contributed by atoms with E-state index >= 15 is 0 Å². The van der Waals surface area contributed by atoms with Crippen molar-refractivity contribution < 1.29 is 13.2 Å². The van der Waals surface area contributed by atoms with E-state index in [1.165, 1.54) is 6.42 Å². The molecule has 1 aliphatic carbocycles. The number of carbonyl (C=O) groups excluding carboxylic acids is 1. The summed E-state index contributed by atoms with van der Waals surface area (Å²) in [5.41, 5.74) is 6.95. The summed E-state index contributed by atoms with van der Waals surface area (Å²) in [5.74, 6) is 0.0943. The summed E-state index contributed by atoms with van der Waals surface area (Å²) < 4.78 is 23.3. The van der Waals surface area contributed by atoms with Crippen LogP contribution in [0, 0.1) is 5.92 Å². The predicted molar refractivity (Wildman–Crippen MR) is 91.7 cm³/mol. The van der Waals surface area contributed by atoms with Crippen LogP contribution in [-0.4, -0.2) is 26.5 Å². The summed E-state index contributed by atoms with van der Waals surface area (Å²) in [7, 11) is -3.57. The van der Waals surface area contributed by atoms with E-state index in [1.807, 2.05) is 18.2 Å². The first kappa shape index (κ1) is 18.1. The third-order valence-corrected chi connectivity index (χ3v) is 5.46. The van der Waals surface area contributed by atoms with Gasteiger partial charge in [0.05, 0.1) is 5.75 Å². The van der Waals surface area contributed by atoms with Crippen molar-refractivity contribution in [3.63, 3.8) is 0 Å². The Labute approximate surface area is 138 Å². The van der Waals surface area contributed by atoms with Crippen molar-refractivity contribution in [2.24, 2.45) is 16.8 Å². The van der Waals surface area contributed by atoms with Crippen LogP contribution in [0.15, 0.2) is 24.3 Å². The van der Waals surface area contributed by atoms with E-state index in [0.29, 0.717) is 24.4 Å². The second kappa shape index (κ2) is 8.04. The molecule has 0 heterocycles. The van der Waals surface area contributed by atoms with Gasteiger partial charge in [0.2, 0.25) is 10.0 Å². The molecule has 6 heteroatoms. The number of hydrogen-bond acceptors (Lipinski definition) is 4. The van der Waals surface area contributed by atoms with Crippen LogP contribution in [0.3, 0.4) is 0 Å². The number of rotatable bonds is 7. The molecule has 1 atom stereocenters. The maximum absolute atomic E-state index is 12.1. The van der Waals surface area contributed by atoms with E-state index in [0.717, 1.165) is 31.2 Å². The Balaban J connectivity index is 2.30. The number of hydrogen-bond donors (Lipinski definition) is 2. The molecule has 1 aromatic rings. The zero-order chi connectivity index (χ0) is 16.9. The minimum absolute atomic E-state index is 0.00708. The van der Waals surface area contributed by atoms with E-state index in [1.54, 1.807) is 6.07 Å². The summed E-state index contributed by atoms with van der Waals surface area (Å²) in [5, 5.41) is 5.31. The fourth-order valence-corrected chi connectivity index (χ4v) is 4.47. The summed E-state index contributed by atoms with van der Waals surface area (Å²) in [6.45, 7) is 0.312. The van der Waals surface area contributed by atoms with Crippen molar-refractivity contribution in [2.45, 2.75) is 44.4 Å². The zero-order valence-electron chi connectivity index (χ0n) is 13.4. The summed E-state index contributed by atoms with van der Waals surface area (Å²) in [6.07, 6.45) is 5.78. The van der Waals surface area contributed by atoms with Gasteiger partial charge < -0.3 is 5.73 Å². The number of benzene rings is 1. The van der Waals surface area contributed by atoms with Crippen molar-refractivity contribution >= 4 is 15.8 Å². The third kappa shape index (κ3) is 5.41. The molecular weight excluding hydrogens is 312 g/mol. The van der Waals surface area contributed by atoms with Gasteiger partial charge in [0.1, 0.15) is 0 Å². The normalized spacial score (nSPS) is 17.8. The SMILES string of the molecule is NCCC(=O)c1cccc(C(CS(N)(=O)=O)C2CCCCC2)c1. The van der Waals surface area contributed by atoms with E-state index in [-0.39, 0.29) is 17.5 Å². The first-order valence-corrected chi connectivity index (χ1v) is 9.96. The maximum atomic E-state index is 12.1. The highest BCUT2D eigenvalue weighted by molar-refractivity contribution is 7.89. The Morgan fingerprint density at radius 1 is 1.22 bits per heavy atom. The molecule has 0 amide bonds. The molecule has 4 N–H and O–H groups in total. The molecule has 0 aliphatic heterocycles. The molecule has 5 nitrogen and oxygen atoms in total. The number of ketones is 1. The van der Waals surface area contributed by atoms with Gasteiger partial charge in [-0.1, -0.05) is 37.5 Å². The Bertz CT molecular complexity index is 637. The van der Waals surface area contributed by atoms with E-state index in [9.17, 15) is 13.2 Å².